The number of carbonyl (C=O) groups excluding carboxylic acids is 1. The van der Waals surface area contributed by atoms with Crippen molar-refractivity contribution in [1.29, 1.82) is 0 Å². The molecule has 0 saturated carbocycles. The molecule has 4 heterocycles. The van der Waals surface area contributed by atoms with Crippen molar-refractivity contribution >= 4 is 5.91 Å². The third-order valence-electron chi connectivity index (χ3n) is 5.15. The van der Waals surface area contributed by atoms with Gasteiger partial charge in [0.2, 0.25) is 11.7 Å². The third kappa shape index (κ3) is 3.80. The number of piperidine rings is 1. The molecule has 0 spiro atoms. The zero-order valence-electron chi connectivity index (χ0n) is 16.6. The Morgan fingerprint density at radius 1 is 1.28 bits per heavy atom. The van der Waals surface area contributed by atoms with Crippen LogP contribution in [0.25, 0.3) is 11.4 Å². The second kappa shape index (κ2) is 7.57. The summed E-state index contributed by atoms with van der Waals surface area (Å²) >= 11 is 0. The molecule has 3 aromatic rings. The van der Waals surface area contributed by atoms with Crippen LogP contribution in [0.5, 0.6) is 0 Å². The Bertz CT molecular complexity index is 1120. The van der Waals surface area contributed by atoms with E-state index >= 15 is 0 Å². The number of amides is 1. The number of hydrogen-bond acceptors (Lipinski definition) is 7. The van der Waals surface area contributed by atoms with Crippen LogP contribution in [0.2, 0.25) is 0 Å². The lowest BCUT2D eigenvalue weighted by Gasteiger charge is -2.33. The van der Waals surface area contributed by atoms with Crippen molar-refractivity contribution in [3.63, 3.8) is 0 Å². The summed E-state index contributed by atoms with van der Waals surface area (Å²) in [6, 6.07) is 3.06. The second-order valence-corrected chi connectivity index (χ2v) is 7.31. The summed E-state index contributed by atoms with van der Waals surface area (Å²) in [4.78, 5) is 39.9. The maximum atomic E-state index is 13.0. The van der Waals surface area contributed by atoms with Crippen LogP contribution in [0.4, 0.5) is 0 Å². The third-order valence-corrected chi connectivity index (χ3v) is 5.15. The average molecular weight is 394 g/mol. The number of aryl methyl sites for hydroxylation is 3. The number of rotatable bonds is 3. The molecule has 4 rings (SSSR count). The molecule has 29 heavy (non-hydrogen) atoms. The van der Waals surface area contributed by atoms with Gasteiger partial charge in [0.05, 0.1) is 11.3 Å². The molecule has 0 aliphatic carbocycles. The summed E-state index contributed by atoms with van der Waals surface area (Å²) in [7, 11) is 1.66. The Hall–Kier alpha value is -3.36. The molecule has 9 heteroatoms. The number of pyridine rings is 1. The summed E-state index contributed by atoms with van der Waals surface area (Å²) in [6.07, 6.45) is 5.06. The van der Waals surface area contributed by atoms with Crippen molar-refractivity contribution in [1.82, 2.24) is 29.6 Å². The van der Waals surface area contributed by atoms with Crippen molar-refractivity contribution in [2.24, 2.45) is 7.05 Å². The van der Waals surface area contributed by atoms with Crippen molar-refractivity contribution < 1.29 is 9.32 Å². The maximum absolute atomic E-state index is 13.0. The predicted molar refractivity (Wildman–Crippen MR) is 104 cm³/mol. The van der Waals surface area contributed by atoms with E-state index < -0.39 is 0 Å². The van der Waals surface area contributed by atoms with Crippen molar-refractivity contribution in [2.75, 3.05) is 13.1 Å². The SMILES string of the molecule is Cc1ncc(-c2noc(C)n2)c(C2CCCN(C(=O)c3ccn(C)c(=O)c3)C2)n1. The van der Waals surface area contributed by atoms with Crippen LogP contribution >= 0.6 is 0 Å². The minimum absolute atomic E-state index is 0.0229. The molecule has 3 aromatic heterocycles. The molecule has 150 valence electrons. The second-order valence-electron chi connectivity index (χ2n) is 7.31. The maximum Gasteiger partial charge on any atom is 0.254 e. The molecular formula is C20H22N6O3. The van der Waals surface area contributed by atoms with E-state index in [0.29, 0.717) is 36.2 Å². The van der Waals surface area contributed by atoms with E-state index in [2.05, 4.69) is 20.1 Å². The van der Waals surface area contributed by atoms with Gasteiger partial charge >= 0.3 is 0 Å². The molecule has 1 aliphatic heterocycles. The number of likely N-dealkylation sites (tertiary alicyclic amines) is 1. The fraction of sp³-hybridized carbons (Fsp3) is 0.400. The van der Waals surface area contributed by atoms with Crippen molar-refractivity contribution in [3.8, 4) is 11.4 Å². The average Bonchev–Trinajstić information content (AvgIpc) is 3.15. The van der Waals surface area contributed by atoms with Crippen LogP contribution < -0.4 is 5.56 Å². The molecule has 1 unspecified atom stereocenters. The summed E-state index contributed by atoms with van der Waals surface area (Å²) in [5.41, 5.74) is 1.74. The lowest BCUT2D eigenvalue weighted by Crippen LogP contribution is -2.40. The Morgan fingerprint density at radius 3 is 2.83 bits per heavy atom. The summed E-state index contributed by atoms with van der Waals surface area (Å²) in [6.45, 7) is 4.72. The first kappa shape index (κ1) is 19.0. The van der Waals surface area contributed by atoms with Crippen LogP contribution in [0.3, 0.4) is 0 Å². The van der Waals surface area contributed by atoms with Crippen LogP contribution in [0.1, 0.15) is 46.5 Å². The molecule has 1 atom stereocenters. The van der Waals surface area contributed by atoms with E-state index in [1.54, 1.807) is 37.3 Å². The first-order valence-corrected chi connectivity index (χ1v) is 9.52. The zero-order chi connectivity index (χ0) is 20.5. The largest absolute Gasteiger partial charge is 0.339 e. The van der Waals surface area contributed by atoms with Gasteiger partial charge in [-0.25, -0.2) is 9.97 Å². The van der Waals surface area contributed by atoms with Crippen LogP contribution in [-0.4, -0.2) is 48.6 Å². The minimum Gasteiger partial charge on any atom is -0.339 e. The van der Waals surface area contributed by atoms with Crippen LogP contribution in [0.15, 0.2) is 33.8 Å². The summed E-state index contributed by atoms with van der Waals surface area (Å²) in [5, 5.41) is 4.01. The van der Waals surface area contributed by atoms with Gasteiger partial charge in [0.25, 0.3) is 11.5 Å². The predicted octanol–water partition coefficient (Wildman–Crippen LogP) is 1.86. The van der Waals surface area contributed by atoms with Gasteiger partial charge in [-0.2, -0.15) is 4.98 Å². The normalized spacial score (nSPS) is 16.8. The molecule has 0 aromatic carbocycles. The molecule has 1 saturated heterocycles. The van der Waals surface area contributed by atoms with Crippen molar-refractivity contribution in [2.45, 2.75) is 32.6 Å². The van der Waals surface area contributed by atoms with Gasteiger partial charge in [0.1, 0.15) is 5.82 Å². The Kier molecular flexibility index (Phi) is 4.96. The molecule has 1 fully saturated rings. The van der Waals surface area contributed by atoms with Gasteiger partial charge in [0.15, 0.2) is 0 Å². The number of hydrogen-bond donors (Lipinski definition) is 0. The number of aromatic nitrogens is 5. The zero-order valence-corrected chi connectivity index (χ0v) is 16.6. The minimum atomic E-state index is -0.203. The fourth-order valence-corrected chi connectivity index (χ4v) is 3.63. The number of carbonyl (C=O) groups is 1. The van der Waals surface area contributed by atoms with Crippen molar-refractivity contribution in [3.05, 3.63) is 57.9 Å². The van der Waals surface area contributed by atoms with Gasteiger partial charge < -0.3 is 14.0 Å². The van der Waals surface area contributed by atoms with Crippen LogP contribution in [-0.2, 0) is 7.05 Å². The first-order valence-electron chi connectivity index (χ1n) is 9.52. The first-order chi connectivity index (χ1) is 13.9. The van der Waals surface area contributed by atoms with E-state index in [-0.39, 0.29) is 17.4 Å². The van der Waals surface area contributed by atoms with E-state index in [0.717, 1.165) is 24.1 Å². The smallest absolute Gasteiger partial charge is 0.254 e. The van der Waals surface area contributed by atoms with E-state index in [4.69, 9.17) is 4.52 Å². The molecule has 0 radical (unpaired) electrons. The lowest BCUT2D eigenvalue weighted by molar-refractivity contribution is 0.0705. The highest BCUT2D eigenvalue weighted by atomic mass is 16.5. The molecule has 1 aliphatic rings. The fourth-order valence-electron chi connectivity index (χ4n) is 3.63. The molecule has 1 amide bonds. The van der Waals surface area contributed by atoms with Gasteiger partial charge in [-0.05, 0) is 25.8 Å². The van der Waals surface area contributed by atoms with Gasteiger partial charge in [-0.1, -0.05) is 5.16 Å². The Balaban J connectivity index is 1.63. The van der Waals surface area contributed by atoms with Gasteiger partial charge in [-0.3, -0.25) is 9.59 Å². The molecular weight excluding hydrogens is 372 g/mol. The van der Waals surface area contributed by atoms with E-state index in [1.165, 1.54) is 10.6 Å². The molecule has 0 N–H and O–H groups in total. The Labute approximate surface area is 167 Å². The molecule has 9 nitrogen and oxygen atoms in total. The lowest BCUT2D eigenvalue weighted by atomic mass is 9.91. The highest BCUT2D eigenvalue weighted by Gasteiger charge is 2.29. The van der Waals surface area contributed by atoms with Crippen LogP contribution in [0, 0.1) is 13.8 Å². The molecule has 0 bridgehead atoms. The summed E-state index contributed by atoms with van der Waals surface area (Å²) < 4.78 is 6.56. The van der Waals surface area contributed by atoms with Gasteiger partial charge in [0, 0.05) is 57.0 Å². The highest BCUT2D eigenvalue weighted by molar-refractivity contribution is 5.94. The monoisotopic (exact) mass is 394 g/mol. The standard InChI is InChI=1S/C20H22N6O3/c1-12-21-10-16(19-23-13(2)29-24-19)18(22-12)15-5-4-7-26(11-15)20(28)14-6-8-25(3)17(27)9-14/h6,8-10,15H,4-5,7,11H2,1-3H3. The number of nitrogens with zero attached hydrogens (tertiary/aromatic N) is 6. The Morgan fingerprint density at radius 2 is 2.10 bits per heavy atom. The summed E-state index contributed by atoms with van der Waals surface area (Å²) in [5.74, 6) is 1.45. The quantitative estimate of drug-likeness (QED) is 0.667. The van der Waals surface area contributed by atoms with E-state index in [9.17, 15) is 9.59 Å². The topological polar surface area (TPSA) is 107 Å². The highest BCUT2D eigenvalue weighted by Crippen LogP contribution is 2.32. The van der Waals surface area contributed by atoms with Gasteiger partial charge in [-0.15, -0.1) is 0 Å². The van der Waals surface area contributed by atoms with E-state index in [1.807, 2.05) is 6.92 Å².